The Labute approximate surface area is 190 Å². The van der Waals surface area contributed by atoms with Gasteiger partial charge in [-0.1, -0.05) is 50.2 Å². The second kappa shape index (κ2) is 9.90. The molecule has 0 aliphatic carbocycles. The summed E-state index contributed by atoms with van der Waals surface area (Å²) in [5.41, 5.74) is 5.80. The molecule has 0 atom stereocenters. The first-order chi connectivity index (χ1) is 15.5. The maximum Gasteiger partial charge on any atom is 0.147 e. The molecule has 0 unspecified atom stereocenters. The Kier molecular flexibility index (Phi) is 6.79. The summed E-state index contributed by atoms with van der Waals surface area (Å²) in [5, 5.41) is 0. The summed E-state index contributed by atoms with van der Waals surface area (Å²) in [6.45, 7) is 10.5. The van der Waals surface area contributed by atoms with E-state index in [0.29, 0.717) is 19.1 Å². The van der Waals surface area contributed by atoms with Crippen molar-refractivity contribution in [2.75, 3.05) is 6.61 Å². The number of fused-ring (bicyclic) bond motifs is 1. The van der Waals surface area contributed by atoms with Crippen molar-refractivity contribution in [3.63, 3.8) is 0 Å². The number of hydrogen-bond acceptors (Lipinski definition) is 3. The highest BCUT2D eigenvalue weighted by atomic mass is 16.5. The SMILES string of the molecule is Cc1cccc(OCc2nc3ccccc3n2CCCOc2cc(C)ccc2C(C)C)c1. The van der Waals surface area contributed by atoms with Crippen molar-refractivity contribution in [1.29, 1.82) is 0 Å². The van der Waals surface area contributed by atoms with Gasteiger partial charge < -0.3 is 14.0 Å². The molecule has 3 aromatic carbocycles. The largest absolute Gasteiger partial charge is 0.493 e. The van der Waals surface area contributed by atoms with Gasteiger partial charge in [0.25, 0.3) is 0 Å². The Balaban J connectivity index is 1.45. The molecule has 0 saturated heterocycles. The van der Waals surface area contributed by atoms with E-state index >= 15 is 0 Å². The molecule has 0 spiro atoms. The van der Waals surface area contributed by atoms with Crippen LogP contribution in [0.15, 0.2) is 66.7 Å². The maximum atomic E-state index is 6.21. The summed E-state index contributed by atoms with van der Waals surface area (Å²) in [4.78, 5) is 4.83. The number of para-hydroxylation sites is 2. The Morgan fingerprint density at radius 2 is 1.69 bits per heavy atom. The quantitative estimate of drug-likeness (QED) is 0.274. The van der Waals surface area contributed by atoms with Crippen LogP contribution in [0.5, 0.6) is 11.5 Å². The van der Waals surface area contributed by atoms with E-state index in [1.54, 1.807) is 0 Å². The van der Waals surface area contributed by atoms with E-state index in [2.05, 4.69) is 80.8 Å². The molecule has 166 valence electrons. The van der Waals surface area contributed by atoms with Gasteiger partial charge in [-0.25, -0.2) is 4.98 Å². The standard InChI is InChI=1S/C28H32N2O2/c1-20(2)24-14-13-22(4)18-27(24)31-16-8-15-30-26-12-6-5-11-25(26)29-28(30)19-32-23-10-7-9-21(3)17-23/h5-7,9-14,17-18,20H,8,15-16,19H2,1-4H3. The molecule has 32 heavy (non-hydrogen) atoms. The number of hydrogen-bond donors (Lipinski definition) is 0. The van der Waals surface area contributed by atoms with Crippen LogP contribution in [0, 0.1) is 13.8 Å². The molecule has 0 N–H and O–H groups in total. The van der Waals surface area contributed by atoms with Crippen LogP contribution in [0.2, 0.25) is 0 Å². The second-order valence-corrected chi connectivity index (χ2v) is 8.67. The van der Waals surface area contributed by atoms with Crippen LogP contribution < -0.4 is 9.47 Å². The fraction of sp³-hybridized carbons (Fsp3) is 0.321. The number of rotatable bonds is 9. The van der Waals surface area contributed by atoms with Crippen molar-refractivity contribution in [1.82, 2.24) is 9.55 Å². The zero-order chi connectivity index (χ0) is 22.5. The van der Waals surface area contributed by atoms with Gasteiger partial charge in [-0.15, -0.1) is 0 Å². The van der Waals surface area contributed by atoms with Crippen LogP contribution in [-0.4, -0.2) is 16.2 Å². The van der Waals surface area contributed by atoms with Crippen LogP contribution in [-0.2, 0) is 13.2 Å². The molecule has 0 radical (unpaired) electrons. The molecule has 0 aliphatic heterocycles. The molecule has 1 heterocycles. The van der Waals surface area contributed by atoms with Gasteiger partial charge in [0.2, 0.25) is 0 Å². The summed E-state index contributed by atoms with van der Waals surface area (Å²) in [6.07, 6.45) is 0.892. The first kappa shape index (κ1) is 21.9. The van der Waals surface area contributed by atoms with E-state index < -0.39 is 0 Å². The van der Waals surface area contributed by atoms with Crippen molar-refractivity contribution in [3.8, 4) is 11.5 Å². The van der Waals surface area contributed by atoms with E-state index in [0.717, 1.165) is 41.3 Å². The van der Waals surface area contributed by atoms with Crippen LogP contribution in [0.4, 0.5) is 0 Å². The predicted molar refractivity (Wildman–Crippen MR) is 131 cm³/mol. The van der Waals surface area contributed by atoms with Gasteiger partial charge in [0.05, 0.1) is 17.6 Å². The van der Waals surface area contributed by atoms with Crippen molar-refractivity contribution in [2.45, 2.75) is 53.2 Å². The zero-order valence-electron chi connectivity index (χ0n) is 19.5. The summed E-state index contributed by atoms with van der Waals surface area (Å²) in [6, 6.07) is 22.9. The summed E-state index contributed by atoms with van der Waals surface area (Å²) in [7, 11) is 0. The minimum Gasteiger partial charge on any atom is -0.493 e. The van der Waals surface area contributed by atoms with Crippen LogP contribution >= 0.6 is 0 Å². The van der Waals surface area contributed by atoms with E-state index in [4.69, 9.17) is 14.5 Å². The number of nitrogens with zero attached hydrogens (tertiary/aromatic N) is 2. The van der Waals surface area contributed by atoms with Gasteiger partial charge in [0, 0.05) is 6.54 Å². The number of aromatic nitrogens is 2. The molecule has 0 fully saturated rings. The molecule has 0 saturated carbocycles. The Bertz CT molecular complexity index is 1190. The highest BCUT2D eigenvalue weighted by molar-refractivity contribution is 5.75. The summed E-state index contributed by atoms with van der Waals surface area (Å²) < 4.78 is 14.5. The van der Waals surface area contributed by atoms with E-state index in [1.165, 1.54) is 16.7 Å². The van der Waals surface area contributed by atoms with Crippen molar-refractivity contribution in [3.05, 3.63) is 89.2 Å². The molecular formula is C28H32N2O2. The van der Waals surface area contributed by atoms with Crippen molar-refractivity contribution < 1.29 is 9.47 Å². The van der Waals surface area contributed by atoms with Crippen LogP contribution in [0.1, 0.15) is 48.7 Å². The predicted octanol–water partition coefficient (Wildman–Crippen LogP) is 6.82. The van der Waals surface area contributed by atoms with Gasteiger partial charge >= 0.3 is 0 Å². The Hall–Kier alpha value is -3.27. The lowest BCUT2D eigenvalue weighted by Crippen LogP contribution is -2.10. The van der Waals surface area contributed by atoms with Gasteiger partial charge in [0.1, 0.15) is 23.9 Å². The Morgan fingerprint density at radius 3 is 2.50 bits per heavy atom. The number of ether oxygens (including phenoxy) is 2. The van der Waals surface area contributed by atoms with Gasteiger partial charge in [-0.2, -0.15) is 0 Å². The van der Waals surface area contributed by atoms with E-state index in [-0.39, 0.29) is 0 Å². The van der Waals surface area contributed by atoms with Gasteiger partial charge in [-0.05, 0) is 73.2 Å². The van der Waals surface area contributed by atoms with Crippen molar-refractivity contribution in [2.24, 2.45) is 0 Å². The molecule has 0 bridgehead atoms. The third-order valence-corrected chi connectivity index (χ3v) is 5.67. The number of aryl methyl sites for hydroxylation is 3. The molecule has 1 aromatic heterocycles. The lowest BCUT2D eigenvalue weighted by molar-refractivity contribution is 0.279. The minimum absolute atomic E-state index is 0.438. The topological polar surface area (TPSA) is 36.3 Å². The molecule has 4 rings (SSSR count). The molecular weight excluding hydrogens is 396 g/mol. The summed E-state index contributed by atoms with van der Waals surface area (Å²) in [5.74, 6) is 3.24. The van der Waals surface area contributed by atoms with Crippen LogP contribution in [0.25, 0.3) is 11.0 Å². The van der Waals surface area contributed by atoms with Gasteiger partial charge in [-0.3, -0.25) is 0 Å². The lowest BCUT2D eigenvalue weighted by Gasteiger charge is -2.15. The Morgan fingerprint density at radius 1 is 0.875 bits per heavy atom. The second-order valence-electron chi connectivity index (χ2n) is 8.67. The lowest BCUT2D eigenvalue weighted by atomic mass is 10.0. The average Bonchev–Trinajstić information content (AvgIpc) is 3.13. The third-order valence-electron chi connectivity index (χ3n) is 5.67. The van der Waals surface area contributed by atoms with Gasteiger partial charge in [0.15, 0.2) is 0 Å². The molecule has 0 amide bonds. The maximum absolute atomic E-state index is 6.21. The smallest absolute Gasteiger partial charge is 0.147 e. The molecule has 0 aliphatic rings. The number of imidazole rings is 1. The normalized spacial score (nSPS) is 11.3. The first-order valence-electron chi connectivity index (χ1n) is 11.4. The molecule has 4 heteroatoms. The van der Waals surface area contributed by atoms with E-state index in [1.807, 2.05) is 18.2 Å². The monoisotopic (exact) mass is 428 g/mol. The molecule has 4 aromatic rings. The zero-order valence-corrected chi connectivity index (χ0v) is 19.5. The molecule has 4 nitrogen and oxygen atoms in total. The highest BCUT2D eigenvalue weighted by Crippen LogP contribution is 2.28. The fourth-order valence-electron chi connectivity index (χ4n) is 3.99. The first-order valence-corrected chi connectivity index (χ1v) is 11.4. The van der Waals surface area contributed by atoms with Crippen molar-refractivity contribution >= 4 is 11.0 Å². The minimum atomic E-state index is 0.438. The van der Waals surface area contributed by atoms with E-state index in [9.17, 15) is 0 Å². The fourth-order valence-corrected chi connectivity index (χ4v) is 3.99. The average molecular weight is 429 g/mol. The third kappa shape index (κ3) is 5.13. The summed E-state index contributed by atoms with van der Waals surface area (Å²) >= 11 is 0. The number of benzene rings is 3. The highest BCUT2D eigenvalue weighted by Gasteiger charge is 2.12. The van der Waals surface area contributed by atoms with Crippen LogP contribution in [0.3, 0.4) is 0 Å².